The van der Waals surface area contributed by atoms with Crippen molar-refractivity contribution in [2.24, 2.45) is 17.8 Å². The highest BCUT2D eigenvalue weighted by atomic mass is 16.4. The molecule has 0 rings (SSSR count). The molecule has 2 amide bonds. The third kappa shape index (κ3) is 9.32. The molecule has 0 heterocycles. The normalized spacial score (nSPS) is 14.1. The van der Waals surface area contributed by atoms with Gasteiger partial charge >= 0.3 is 12.0 Å². The number of aliphatic carboxylic acids is 1. The van der Waals surface area contributed by atoms with Gasteiger partial charge in [0, 0.05) is 26.1 Å². The number of carbonyl (C=O) groups is 2. The molecular weight excluding hydrogens is 268 g/mol. The molecule has 0 aliphatic rings. The predicted molar refractivity (Wildman–Crippen MR) is 85.3 cm³/mol. The van der Waals surface area contributed by atoms with Crippen LogP contribution in [0.25, 0.3) is 0 Å². The fourth-order valence-electron chi connectivity index (χ4n) is 2.55. The number of carboxylic acids is 1. The number of carbonyl (C=O) groups excluding carboxylic acids is 1. The third-order valence-corrected chi connectivity index (χ3v) is 3.60. The van der Waals surface area contributed by atoms with Crippen molar-refractivity contribution < 1.29 is 14.7 Å². The minimum absolute atomic E-state index is 0.0137. The lowest BCUT2D eigenvalue weighted by atomic mass is 9.94. The molecule has 2 N–H and O–H groups in total. The van der Waals surface area contributed by atoms with Gasteiger partial charge in [-0.05, 0) is 37.5 Å². The summed E-state index contributed by atoms with van der Waals surface area (Å²) < 4.78 is 0. The summed E-state index contributed by atoms with van der Waals surface area (Å²) in [7, 11) is 1.79. The number of amides is 2. The maximum atomic E-state index is 12.1. The van der Waals surface area contributed by atoms with Crippen LogP contribution >= 0.6 is 0 Å². The fraction of sp³-hybridized carbons (Fsp3) is 0.875. The average Bonchev–Trinajstić information content (AvgIpc) is 2.32. The molecule has 0 radical (unpaired) electrons. The lowest BCUT2D eigenvalue weighted by molar-refractivity contribution is -0.138. The summed E-state index contributed by atoms with van der Waals surface area (Å²) in [4.78, 5) is 24.7. The van der Waals surface area contributed by atoms with Crippen molar-refractivity contribution in [3.8, 4) is 0 Å². The number of nitrogens with one attached hydrogen (secondary N) is 1. The van der Waals surface area contributed by atoms with Crippen molar-refractivity contribution in [3.63, 3.8) is 0 Å². The molecule has 21 heavy (non-hydrogen) atoms. The highest BCUT2D eigenvalue weighted by molar-refractivity contribution is 5.74. The van der Waals surface area contributed by atoms with E-state index in [-0.39, 0.29) is 24.4 Å². The first kappa shape index (κ1) is 19.7. The maximum Gasteiger partial charge on any atom is 0.317 e. The Morgan fingerprint density at radius 2 is 1.57 bits per heavy atom. The van der Waals surface area contributed by atoms with Crippen LogP contribution in [-0.2, 0) is 4.79 Å². The lowest BCUT2D eigenvalue weighted by Crippen LogP contribution is -2.44. The van der Waals surface area contributed by atoms with E-state index in [1.54, 1.807) is 11.9 Å². The van der Waals surface area contributed by atoms with Gasteiger partial charge in [-0.3, -0.25) is 4.79 Å². The zero-order valence-electron chi connectivity index (χ0n) is 14.3. The smallest absolute Gasteiger partial charge is 0.317 e. The molecule has 0 aromatic rings. The van der Waals surface area contributed by atoms with Crippen LogP contribution in [0.2, 0.25) is 0 Å². The van der Waals surface area contributed by atoms with E-state index in [2.05, 4.69) is 33.0 Å². The molecule has 0 aliphatic heterocycles. The van der Waals surface area contributed by atoms with E-state index in [0.29, 0.717) is 18.4 Å². The molecule has 0 aromatic carbocycles. The Bertz CT molecular complexity index is 329. The van der Waals surface area contributed by atoms with Crippen LogP contribution in [0.5, 0.6) is 0 Å². The SMILES string of the molecule is CC(C)CC(CNC(=O)N(C)C(C)CC(C)C)CC(=O)O. The van der Waals surface area contributed by atoms with Crippen LogP contribution in [0.1, 0.15) is 53.9 Å². The Morgan fingerprint density at radius 3 is 2.00 bits per heavy atom. The topological polar surface area (TPSA) is 69.6 Å². The molecule has 0 aromatic heterocycles. The molecule has 5 heteroatoms. The Labute approximate surface area is 129 Å². The summed E-state index contributed by atoms with van der Waals surface area (Å²) in [5.74, 6) is 0.136. The number of hydrogen-bond acceptors (Lipinski definition) is 2. The number of rotatable bonds is 9. The van der Waals surface area contributed by atoms with E-state index < -0.39 is 5.97 Å². The number of nitrogens with zero attached hydrogens (tertiary/aromatic N) is 1. The summed E-state index contributed by atoms with van der Waals surface area (Å²) >= 11 is 0. The summed E-state index contributed by atoms with van der Waals surface area (Å²) in [5, 5.41) is 11.8. The Kier molecular flexibility index (Phi) is 9.06. The van der Waals surface area contributed by atoms with Crippen LogP contribution in [-0.4, -0.2) is 41.6 Å². The van der Waals surface area contributed by atoms with Gasteiger partial charge in [-0.15, -0.1) is 0 Å². The van der Waals surface area contributed by atoms with Gasteiger partial charge in [-0.1, -0.05) is 27.7 Å². The molecule has 0 bridgehead atoms. The van der Waals surface area contributed by atoms with Crippen LogP contribution in [0.4, 0.5) is 4.79 Å². The predicted octanol–water partition coefficient (Wildman–Crippen LogP) is 3.20. The number of urea groups is 1. The average molecular weight is 300 g/mol. The second-order valence-corrected chi connectivity index (χ2v) is 6.87. The summed E-state index contributed by atoms with van der Waals surface area (Å²) in [5.41, 5.74) is 0. The van der Waals surface area contributed by atoms with Crippen molar-refractivity contribution in [2.75, 3.05) is 13.6 Å². The molecule has 2 atom stereocenters. The monoisotopic (exact) mass is 300 g/mol. The van der Waals surface area contributed by atoms with Gasteiger partial charge in [-0.25, -0.2) is 4.79 Å². The standard InChI is InChI=1S/C16H32N2O3/c1-11(2)7-13(5)18(6)16(21)17-10-14(8-12(3)4)9-15(19)20/h11-14H,7-10H2,1-6H3,(H,17,21)(H,19,20). The Balaban J connectivity index is 4.36. The minimum Gasteiger partial charge on any atom is -0.481 e. The minimum atomic E-state index is -0.809. The Morgan fingerprint density at radius 1 is 1.05 bits per heavy atom. The maximum absolute atomic E-state index is 12.1. The molecule has 2 unspecified atom stereocenters. The third-order valence-electron chi connectivity index (χ3n) is 3.60. The second kappa shape index (κ2) is 9.64. The lowest BCUT2D eigenvalue weighted by Gasteiger charge is -2.27. The molecule has 5 nitrogen and oxygen atoms in total. The van der Waals surface area contributed by atoms with E-state index in [1.807, 2.05) is 6.92 Å². The highest BCUT2D eigenvalue weighted by Crippen LogP contribution is 2.15. The Hall–Kier alpha value is -1.26. The number of hydrogen-bond donors (Lipinski definition) is 2. The first-order valence-electron chi connectivity index (χ1n) is 7.85. The van der Waals surface area contributed by atoms with Gasteiger partial charge in [0.05, 0.1) is 0 Å². The van der Waals surface area contributed by atoms with Crippen LogP contribution < -0.4 is 5.32 Å². The van der Waals surface area contributed by atoms with Gasteiger partial charge in [0.1, 0.15) is 0 Å². The van der Waals surface area contributed by atoms with Crippen molar-refractivity contribution in [1.29, 1.82) is 0 Å². The first-order chi connectivity index (χ1) is 9.63. The van der Waals surface area contributed by atoms with Gasteiger partial charge in [0.2, 0.25) is 0 Å². The summed E-state index contributed by atoms with van der Waals surface area (Å²) in [6, 6.07) is 0.0512. The molecule has 0 aliphatic carbocycles. The van der Waals surface area contributed by atoms with Gasteiger partial charge in [0.25, 0.3) is 0 Å². The van der Waals surface area contributed by atoms with Crippen molar-refractivity contribution in [1.82, 2.24) is 10.2 Å². The molecule has 0 spiro atoms. The molecular formula is C16H32N2O3. The van der Waals surface area contributed by atoms with Gasteiger partial charge in [0.15, 0.2) is 0 Å². The second-order valence-electron chi connectivity index (χ2n) is 6.87. The molecule has 0 fully saturated rings. The van der Waals surface area contributed by atoms with Crippen LogP contribution in [0.3, 0.4) is 0 Å². The highest BCUT2D eigenvalue weighted by Gasteiger charge is 2.20. The van der Waals surface area contributed by atoms with Crippen LogP contribution in [0, 0.1) is 17.8 Å². The van der Waals surface area contributed by atoms with Crippen molar-refractivity contribution >= 4 is 12.0 Å². The summed E-state index contributed by atoms with van der Waals surface area (Å²) in [6.45, 7) is 10.8. The molecule has 0 saturated carbocycles. The van der Waals surface area contributed by atoms with E-state index >= 15 is 0 Å². The van der Waals surface area contributed by atoms with E-state index in [1.165, 1.54) is 0 Å². The summed E-state index contributed by atoms with van der Waals surface area (Å²) in [6.07, 6.45) is 1.86. The van der Waals surface area contributed by atoms with E-state index in [4.69, 9.17) is 5.11 Å². The largest absolute Gasteiger partial charge is 0.481 e. The molecule has 124 valence electrons. The van der Waals surface area contributed by atoms with Gasteiger partial charge < -0.3 is 15.3 Å². The fourth-order valence-corrected chi connectivity index (χ4v) is 2.55. The van der Waals surface area contributed by atoms with Gasteiger partial charge in [-0.2, -0.15) is 0 Å². The zero-order valence-corrected chi connectivity index (χ0v) is 14.3. The zero-order chi connectivity index (χ0) is 16.6. The quantitative estimate of drug-likeness (QED) is 0.687. The van der Waals surface area contributed by atoms with E-state index in [9.17, 15) is 9.59 Å². The first-order valence-corrected chi connectivity index (χ1v) is 7.85. The van der Waals surface area contributed by atoms with Crippen molar-refractivity contribution in [3.05, 3.63) is 0 Å². The van der Waals surface area contributed by atoms with Crippen molar-refractivity contribution in [2.45, 2.75) is 59.9 Å². The molecule has 0 saturated heterocycles. The van der Waals surface area contributed by atoms with Crippen LogP contribution in [0.15, 0.2) is 0 Å². The number of carboxylic acid groups (broad SMARTS) is 1. The van der Waals surface area contributed by atoms with E-state index in [0.717, 1.165) is 12.8 Å².